The first kappa shape index (κ1) is 24.2. The van der Waals surface area contributed by atoms with Gasteiger partial charge in [-0.05, 0) is 59.7 Å². The first-order chi connectivity index (χ1) is 16.2. The highest BCUT2D eigenvalue weighted by Gasteiger charge is 2.15. The van der Waals surface area contributed by atoms with Crippen LogP contribution in [0.1, 0.15) is 35.5 Å². The number of carbonyl (C=O) groups is 3. The van der Waals surface area contributed by atoms with E-state index in [4.69, 9.17) is 9.47 Å². The molecule has 3 rings (SSSR count). The van der Waals surface area contributed by atoms with Crippen LogP contribution in [0.2, 0.25) is 0 Å². The van der Waals surface area contributed by atoms with E-state index in [1.54, 1.807) is 49.2 Å². The van der Waals surface area contributed by atoms with Gasteiger partial charge in [0, 0.05) is 27.1 Å². The molecule has 2 amide bonds. The summed E-state index contributed by atoms with van der Waals surface area (Å²) in [6.07, 6.45) is 1.69. The van der Waals surface area contributed by atoms with Crippen LogP contribution in [0.25, 0.3) is 0 Å². The van der Waals surface area contributed by atoms with E-state index in [1.807, 2.05) is 24.3 Å². The van der Waals surface area contributed by atoms with Gasteiger partial charge in [0.05, 0.1) is 7.11 Å². The number of ether oxygens (including phenoxy) is 2. The summed E-state index contributed by atoms with van der Waals surface area (Å²) in [6, 6.07) is 13.9. The second kappa shape index (κ2) is 10.9. The van der Waals surface area contributed by atoms with Crippen LogP contribution in [0.3, 0.4) is 0 Å². The van der Waals surface area contributed by atoms with Crippen LogP contribution in [0, 0.1) is 0 Å². The maximum absolute atomic E-state index is 12.7. The number of nitrogens with zero attached hydrogens (tertiary/aromatic N) is 3. The minimum absolute atomic E-state index is 0.0872. The molecule has 2 N–H and O–H groups in total. The zero-order valence-corrected chi connectivity index (χ0v) is 19.3. The number of benzene rings is 1. The van der Waals surface area contributed by atoms with Gasteiger partial charge < -0.3 is 24.7 Å². The summed E-state index contributed by atoms with van der Waals surface area (Å²) in [4.78, 5) is 44.0. The Hall–Kier alpha value is -4.47. The van der Waals surface area contributed by atoms with Gasteiger partial charge in [-0.1, -0.05) is 0 Å². The summed E-state index contributed by atoms with van der Waals surface area (Å²) in [7, 11) is 3.32. The molecule has 1 aromatic carbocycles. The molecule has 0 aliphatic carbocycles. The summed E-state index contributed by atoms with van der Waals surface area (Å²) >= 11 is 0. The van der Waals surface area contributed by atoms with Crippen LogP contribution in [0.5, 0.6) is 5.75 Å². The lowest BCUT2D eigenvalue weighted by Crippen LogP contribution is -2.13. The number of hydrogen-bond acceptors (Lipinski definition) is 7. The van der Waals surface area contributed by atoms with Crippen LogP contribution in [-0.4, -0.2) is 40.7 Å². The number of methoxy groups -OCH3 is 1. The highest BCUT2D eigenvalue weighted by Crippen LogP contribution is 2.20. The van der Waals surface area contributed by atoms with Crippen molar-refractivity contribution in [3.63, 3.8) is 0 Å². The fourth-order valence-electron chi connectivity index (χ4n) is 3.05. The lowest BCUT2D eigenvalue weighted by atomic mass is 10.2. The van der Waals surface area contributed by atoms with Crippen molar-refractivity contribution >= 4 is 41.5 Å². The molecule has 0 radical (unpaired) electrons. The van der Waals surface area contributed by atoms with Crippen LogP contribution in [0.15, 0.2) is 53.5 Å². The predicted molar refractivity (Wildman–Crippen MR) is 128 cm³/mol. The smallest absolute Gasteiger partial charge is 0.355 e. The minimum Gasteiger partial charge on any atom is -0.497 e. The van der Waals surface area contributed by atoms with E-state index in [0.29, 0.717) is 17.1 Å². The van der Waals surface area contributed by atoms with E-state index in [2.05, 4.69) is 20.6 Å². The van der Waals surface area contributed by atoms with Gasteiger partial charge in [-0.2, -0.15) is 0 Å². The molecule has 3 aromatic rings. The summed E-state index contributed by atoms with van der Waals surface area (Å²) in [6.45, 7) is 2.60. The first-order valence-corrected chi connectivity index (χ1v) is 10.3. The molecule has 0 spiro atoms. The number of anilines is 2. The van der Waals surface area contributed by atoms with E-state index in [1.165, 1.54) is 13.8 Å². The molecule has 0 saturated heterocycles. The first-order valence-electron chi connectivity index (χ1n) is 10.3. The predicted octanol–water partition coefficient (Wildman–Crippen LogP) is 3.45. The Morgan fingerprint density at radius 1 is 1.00 bits per heavy atom. The molecule has 34 heavy (non-hydrogen) atoms. The number of amides is 2. The lowest BCUT2D eigenvalue weighted by molar-refractivity contribution is -0.115. The quantitative estimate of drug-likeness (QED) is 0.390. The maximum Gasteiger partial charge on any atom is 0.355 e. The largest absolute Gasteiger partial charge is 0.497 e. The third-order valence-corrected chi connectivity index (χ3v) is 4.63. The Labute approximate surface area is 196 Å². The molecule has 2 aromatic heterocycles. The third kappa shape index (κ3) is 6.52. The number of pyridine rings is 1. The second-order valence-corrected chi connectivity index (χ2v) is 7.35. The molecule has 10 nitrogen and oxygen atoms in total. The molecule has 0 saturated carbocycles. The van der Waals surface area contributed by atoms with Gasteiger partial charge in [0.2, 0.25) is 11.8 Å². The average molecular weight is 463 g/mol. The maximum atomic E-state index is 12.7. The third-order valence-electron chi connectivity index (χ3n) is 4.63. The van der Waals surface area contributed by atoms with E-state index in [-0.39, 0.29) is 30.1 Å². The van der Waals surface area contributed by atoms with Crippen molar-refractivity contribution in [1.82, 2.24) is 9.55 Å². The van der Waals surface area contributed by atoms with Crippen molar-refractivity contribution in [3.8, 4) is 5.75 Å². The van der Waals surface area contributed by atoms with Crippen LogP contribution >= 0.6 is 0 Å². The highest BCUT2D eigenvalue weighted by atomic mass is 16.5. The Kier molecular flexibility index (Phi) is 7.75. The van der Waals surface area contributed by atoms with E-state index in [9.17, 15) is 14.4 Å². The number of aromatic nitrogens is 2. The Balaban J connectivity index is 1.70. The van der Waals surface area contributed by atoms with Gasteiger partial charge in [-0.3, -0.25) is 9.59 Å². The van der Waals surface area contributed by atoms with E-state index < -0.39 is 5.97 Å². The van der Waals surface area contributed by atoms with Gasteiger partial charge in [0.15, 0.2) is 0 Å². The monoisotopic (exact) mass is 463 g/mol. The standard InChI is InChI=1S/C24H25N5O5/c1-15(30)26-21-11-18(12-22(28-21)27-16(2)31)14-34-24(32)20-9-10-23(29(20)3)25-13-17-5-7-19(33-4)8-6-17/h5-13H,14H2,1-4H3,(H2,26,27,28,30,31). The van der Waals surface area contributed by atoms with Crippen molar-refractivity contribution in [2.24, 2.45) is 12.0 Å². The van der Waals surface area contributed by atoms with Crippen molar-refractivity contribution in [3.05, 3.63) is 65.4 Å². The molecule has 2 heterocycles. The molecular formula is C24H25N5O5. The van der Waals surface area contributed by atoms with Gasteiger partial charge >= 0.3 is 5.97 Å². The molecule has 0 unspecified atom stereocenters. The van der Waals surface area contributed by atoms with Crippen LogP contribution in [-0.2, 0) is 28.0 Å². The fourth-order valence-corrected chi connectivity index (χ4v) is 3.05. The van der Waals surface area contributed by atoms with Crippen molar-refractivity contribution in [1.29, 1.82) is 0 Å². The summed E-state index contributed by atoms with van der Waals surface area (Å²) < 4.78 is 12.2. The average Bonchev–Trinajstić information content (AvgIpc) is 3.15. The van der Waals surface area contributed by atoms with Crippen LogP contribution in [0.4, 0.5) is 17.5 Å². The van der Waals surface area contributed by atoms with Gasteiger partial charge in [-0.25, -0.2) is 14.8 Å². The number of carbonyl (C=O) groups excluding carboxylic acids is 3. The number of nitrogens with one attached hydrogen (secondary N) is 2. The normalized spacial score (nSPS) is 10.7. The number of aliphatic imine (C=N–C) groups is 1. The zero-order valence-electron chi connectivity index (χ0n) is 19.3. The lowest BCUT2D eigenvalue weighted by Gasteiger charge is -2.10. The molecule has 0 fully saturated rings. The van der Waals surface area contributed by atoms with E-state index >= 15 is 0 Å². The number of esters is 1. The Morgan fingerprint density at radius 3 is 2.18 bits per heavy atom. The summed E-state index contributed by atoms with van der Waals surface area (Å²) in [5.41, 5.74) is 1.75. The topological polar surface area (TPSA) is 124 Å². The van der Waals surface area contributed by atoms with Crippen molar-refractivity contribution in [2.75, 3.05) is 17.7 Å². The van der Waals surface area contributed by atoms with Crippen LogP contribution < -0.4 is 15.4 Å². The van der Waals surface area contributed by atoms with Gasteiger partial charge in [0.25, 0.3) is 0 Å². The SMILES string of the molecule is COc1ccc(C=Nc2ccc(C(=O)OCc3cc(NC(C)=O)nc(NC(C)=O)c3)n2C)cc1. The molecule has 0 atom stereocenters. The van der Waals surface area contributed by atoms with Crippen molar-refractivity contribution < 1.29 is 23.9 Å². The number of hydrogen-bond donors (Lipinski definition) is 2. The molecule has 0 bridgehead atoms. The highest BCUT2D eigenvalue weighted by molar-refractivity contribution is 5.91. The molecule has 0 aliphatic rings. The molecule has 10 heteroatoms. The van der Waals surface area contributed by atoms with Crippen molar-refractivity contribution in [2.45, 2.75) is 20.5 Å². The van der Waals surface area contributed by atoms with Gasteiger partial charge in [0.1, 0.15) is 35.5 Å². The van der Waals surface area contributed by atoms with E-state index in [0.717, 1.165) is 11.3 Å². The zero-order chi connectivity index (χ0) is 24.7. The summed E-state index contributed by atoms with van der Waals surface area (Å²) in [5.74, 6) is 0.616. The molecular weight excluding hydrogens is 438 g/mol. The molecule has 176 valence electrons. The van der Waals surface area contributed by atoms with Gasteiger partial charge in [-0.15, -0.1) is 0 Å². The fraction of sp³-hybridized carbons (Fsp3) is 0.208. The Morgan fingerprint density at radius 2 is 1.62 bits per heavy atom. The number of rotatable bonds is 8. The second-order valence-electron chi connectivity index (χ2n) is 7.35. The minimum atomic E-state index is -0.549. The Bertz CT molecular complexity index is 1200. The molecule has 0 aliphatic heterocycles. The summed E-state index contributed by atoms with van der Waals surface area (Å²) in [5, 5.41) is 5.11.